The molecule has 2 rings (SSSR count). The van der Waals surface area contributed by atoms with Gasteiger partial charge in [0.2, 0.25) is 5.56 Å². The SMILES string of the molecule is O=c1cc(-c2cccc([N+](=O)[O-])c2)cc[nH]1. The molecule has 0 unspecified atom stereocenters. The molecule has 0 aliphatic heterocycles. The Labute approximate surface area is 90.5 Å². The van der Waals surface area contributed by atoms with Crippen molar-refractivity contribution < 1.29 is 4.92 Å². The lowest BCUT2D eigenvalue weighted by Crippen LogP contribution is -2.02. The van der Waals surface area contributed by atoms with E-state index in [9.17, 15) is 14.9 Å². The van der Waals surface area contributed by atoms with Crippen LogP contribution in [0.1, 0.15) is 0 Å². The van der Waals surface area contributed by atoms with Gasteiger partial charge in [0.1, 0.15) is 0 Å². The number of nitrogens with zero attached hydrogens (tertiary/aromatic N) is 1. The molecule has 0 fully saturated rings. The van der Waals surface area contributed by atoms with Gasteiger partial charge in [-0.15, -0.1) is 0 Å². The summed E-state index contributed by atoms with van der Waals surface area (Å²) >= 11 is 0. The number of pyridine rings is 1. The van der Waals surface area contributed by atoms with Gasteiger partial charge in [0.15, 0.2) is 0 Å². The van der Waals surface area contributed by atoms with Crippen LogP contribution in [-0.4, -0.2) is 9.91 Å². The Bertz CT molecular complexity index is 590. The van der Waals surface area contributed by atoms with Crippen LogP contribution in [0.15, 0.2) is 47.4 Å². The van der Waals surface area contributed by atoms with Gasteiger partial charge < -0.3 is 4.98 Å². The molecule has 0 radical (unpaired) electrons. The average Bonchev–Trinajstić information content (AvgIpc) is 2.29. The van der Waals surface area contributed by atoms with E-state index < -0.39 is 4.92 Å². The minimum absolute atomic E-state index is 0.0118. The first-order valence-corrected chi connectivity index (χ1v) is 4.60. The quantitative estimate of drug-likeness (QED) is 0.615. The molecule has 1 aromatic carbocycles. The molecule has 80 valence electrons. The minimum atomic E-state index is -0.462. The number of benzene rings is 1. The first-order valence-electron chi connectivity index (χ1n) is 4.60. The summed E-state index contributed by atoms with van der Waals surface area (Å²) in [5.74, 6) is 0. The first-order chi connectivity index (χ1) is 7.66. The molecule has 0 bridgehead atoms. The van der Waals surface area contributed by atoms with Crippen LogP contribution < -0.4 is 5.56 Å². The number of H-pyrrole nitrogens is 1. The summed E-state index contributed by atoms with van der Waals surface area (Å²) in [6.07, 6.45) is 1.51. The second-order valence-electron chi connectivity index (χ2n) is 3.25. The monoisotopic (exact) mass is 216 g/mol. The molecule has 5 heteroatoms. The number of rotatable bonds is 2. The lowest BCUT2D eigenvalue weighted by atomic mass is 10.1. The number of hydrogen-bond acceptors (Lipinski definition) is 3. The molecule has 0 amide bonds. The number of aromatic nitrogens is 1. The lowest BCUT2D eigenvalue weighted by Gasteiger charge is -1.99. The lowest BCUT2D eigenvalue weighted by molar-refractivity contribution is -0.384. The van der Waals surface area contributed by atoms with Crippen molar-refractivity contribution in [3.63, 3.8) is 0 Å². The maximum absolute atomic E-state index is 11.1. The molecule has 0 aliphatic carbocycles. The normalized spacial score (nSPS) is 10.0. The van der Waals surface area contributed by atoms with Crippen LogP contribution in [0.25, 0.3) is 11.1 Å². The highest BCUT2D eigenvalue weighted by Gasteiger charge is 2.06. The highest BCUT2D eigenvalue weighted by atomic mass is 16.6. The minimum Gasteiger partial charge on any atom is -0.329 e. The van der Waals surface area contributed by atoms with E-state index in [1.807, 2.05) is 0 Å². The van der Waals surface area contributed by atoms with E-state index in [1.54, 1.807) is 18.2 Å². The standard InChI is InChI=1S/C11H8N2O3/c14-11-7-9(4-5-12-11)8-2-1-3-10(6-8)13(15)16/h1-7H,(H,12,14). The summed E-state index contributed by atoms with van der Waals surface area (Å²) in [5, 5.41) is 10.6. The van der Waals surface area contributed by atoms with Crippen molar-refractivity contribution >= 4 is 5.69 Å². The number of aromatic amines is 1. The second kappa shape index (κ2) is 3.98. The molecule has 0 atom stereocenters. The number of nitro benzene ring substituents is 1. The van der Waals surface area contributed by atoms with E-state index in [4.69, 9.17) is 0 Å². The Morgan fingerprint density at radius 2 is 1.88 bits per heavy atom. The molecule has 5 nitrogen and oxygen atoms in total. The van der Waals surface area contributed by atoms with E-state index in [0.717, 1.165) is 0 Å². The molecule has 1 heterocycles. The molecule has 0 saturated carbocycles. The van der Waals surface area contributed by atoms with Crippen LogP contribution in [-0.2, 0) is 0 Å². The maximum atomic E-state index is 11.1. The van der Waals surface area contributed by atoms with Crippen LogP contribution in [0.2, 0.25) is 0 Å². The van der Waals surface area contributed by atoms with Crippen LogP contribution in [0.5, 0.6) is 0 Å². The van der Waals surface area contributed by atoms with Gasteiger partial charge in [-0.1, -0.05) is 12.1 Å². The molecule has 0 saturated heterocycles. The van der Waals surface area contributed by atoms with Crippen LogP contribution >= 0.6 is 0 Å². The van der Waals surface area contributed by atoms with Gasteiger partial charge in [-0.3, -0.25) is 14.9 Å². The van der Waals surface area contributed by atoms with Gasteiger partial charge in [-0.25, -0.2) is 0 Å². The maximum Gasteiger partial charge on any atom is 0.270 e. The zero-order chi connectivity index (χ0) is 11.5. The number of nitro groups is 1. The highest BCUT2D eigenvalue weighted by molar-refractivity contribution is 5.65. The highest BCUT2D eigenvalue weighted by Crippen LogP contribution is 2.22. The summed E-state index contributed by atoms with van der Waals surface area (Å²) in [6, 6.07) is 9.27. The molecule has 0 aliphatic rings. The third-order valence-electron chi connectivity index (χ3n) is 2.17. The van der Waals surface area contributed by atoms with Crippen molar-refractivity contribution in [2.75, 3.05) is 0 Å². The zero-order valence-corrected chi connectivity index (χ0v) is 8.21. The number of non-ortho nitro benzene ring substituents is 1. The van der Waals surface area contributed by atoms with Gasteiger partial charge in [-0.05, 0) is 17.2 Å². The van der Waals surface area contributed by atoms with E-state index >= 15 is 0 Å². The number of hydrogen-bond donors (Lipinski definition) is 1. The van der Waals surface area contributed by atoms with Crippen LogP contribution in [0.3, 0.4) is 0 Å². The molecule has 1 N–H and O–H groups in total. The Balaban J connectivity index is 2.52. The Kier molecular flexibility index (Phi) is 2.51. The van der Waals surface area contributed by atoms with Gasteiger partial charge in [0.25, 0.3) is 5.69 Å². The van der Waals surface area contributed by atoms with Crippen LogP contribution in [0, 0.1) is 10.1 Å². The summed E-state index contributed by atoms with van der Waals surface area (Å²) < 4.78 is 0. The Hall–Kier alpha value is -2.43. The van der Waals surface area contributed by atoms with E-state index in [2.05, 4.69) is 4.98 Å². The van der Waals surface area contributed by atoms with E-state index in [0.29, 0.717) is 11.1 Å². The Morgan fingerprint density at radius 3 is 2.56 bits per heavy atom. The predicted molar refractivity (Wildman–Crippen MR) is 59.2 cm³/mol. The van der Waals surface area contributed by atoms with Gasteiger partial charge in [-0.2, -0.15) is 0 Å². The van der Waals surface area contributed by atoms with Gasteiger partial charge in [0, 0.05) is 24.4 Å². The van der Waals surface area contributed by atoms with Crippen LogP contribution in [0.4, 0.5) is 5.69 Å². The second-order valence-corrected chi connectivity index (χ2v) is 3.25. The van der Waals surface area contributed by atoms with E-state index in [-0.39, 0.29) is 11.2 Å². The fourth-order valence-corrected chi connectivity index (χ4v) is 1.42. The van der Waals surface area contributed by atoms with Crippen molar-refractivity contribution in [2.24, 2.45) is 0 Å². The molecule has 2 aromatic rings. The van der Waals surface area contributed by atoms with Crippen molar-refractivity contribution in [1.82, 2.24) is 4.98 Å². The van der Waals surface area contributed by atoms with Gasteiger partial charge >= 0.3 is 0 Å². The van der Waals surface area contributed by atoms with Crippen molar-refractivity contribution in [3.8, 4) is 11.1 Å². The largest absolute Gasteiger partial charge is 0.329 e. The average molecular weight is 216 g/mol. The fraction of sp³-hybridized carbons (Fsp3) is 0. The summed E-state index contributed by atoms with van der Waals surface area (Å²) in [7, 11) is 0. The molecule has 1 aromatic heterocycles. The molecule has 0 spiro atoms. The van der Waals surface area contributed by atoms with Crippen molar-refractivity contribution in [2.45, 2.75) is 0 Å². The third kappa shape index (κ3) is 1.98. The summed E-state index contributed by atoms with van der Waals surface area (Å²) in [5.41, 5.74) is 1.09. The smallest absolute Gasteiger partial charge is 0.270 e. The molecular weight excluding hydrogens is 208 g/mol. The Morgan fingerprint density at radius 1 is 1.12 bits per heavy atom. The topological polar surface area (TPSA) is 76.0 Å². The van der Waals surface area contributed by atoms with Crippen molar-refractivity contribution in [3.05, 3.63) is 63.1 Å². The summed E-state index contributed by atoms with van der Waals surface area (Å²) in [6.45, 7) is 0. The third-order valence-corrected chi connectivity index (χ3v) is 2.17. The first kappa shape index (κ1) is 10.1. The van der Waals surface area contributed by atoms with Crippen molar-refractivity contribution in [1.29, 1.82) is 0 Å². The predicted octanol–water partition coefficient (Wildman–Crippen LogP) is 1.95. The van der Waals surface area contributed by atoms with Gasteiger partial charge in [0.05, 0.1) is 4.92 Å². The molecular formula is C11H8N2O3. The number of nitrogens with one attached hydrogen (secondary N) is 1. The summed E-state index contributed by atoms with van der Waals surface area (Å²) in [4.78, 5) is 23.7. The fourth-order valence-electron chi connectivity index (χ4n) is 1.42. The molecule has 16 heavy (non-hydrogen) atoms. The zero-order valence-electron chi connectivity index (χ0n) is 8.21. The van der Waals surface area contributed by atoms with E-state index in [1.165, 1.54) is 24.4 Å².